The summed E-state index contributed by atoms with van der Waals surface area (Å²) < 4.78 is 49.4. The van der Waals surface area contributed by atoms with E-state index in [1.165, 1.54) is 45.5 Å². The van der Waals surface area contributed by atoms with Crippen LogP contribution in [0, 0.1) is 6.92 Å². The van der Waals surface area contributed by atoms with Crippen LogP contribution in [0.1, 0.15) is 54.2 Å². The summed E-state index contributed by atoms with van der Waals surface area (Å²) in [4.78, 5) is 6.48. The van der Waals surface area contributed by atoms with Crippen LogP contribution in [0.2, 0.25) is 5.02 Å². The number of halogens is 1. The van der Waals surface area contributed by atoms with E-state index in [4.69, 9.17) is 11.6 Å². The van der Waals surface area contributed by atoms with Crippen molar-refractivity contribution in [1.82, 2.24) is 18.6 Å². The van der Waals surface area contributed by atoms with Crippen LogP contribution >= 0.6 is 11.6 Å². The van der Waals surface area contributed by atoms with Gasteiger partial charge in [-0.1, -0.05) is 23.7 Å². The molecule has 2 saturated heterocycles. The van der Waals surface area contributed by atoms with Crippen LogP contribution in [0.4, 0.5) is 0 Å². The molecule has 0 unspecified atom stereocenters. The number of fused-ring (bicyclic) bond motifs is 2. The van der Waals surface area contributed by atoms with E-state index >= 15 is 0 Å². The Morgan fingerprint density at radius 1 is 0.725 bits per heavy atom. The van der Waals surface area contributed by atoms with E-state index in [1.54, 1.807) is 8.61 Å². The van der Waals surface area contributed by atoms with Crippen molar-refractivity contribution in [1.29, 1.82) is 0 Å². The lowest BCUT2D eigenvalue weighted by molar-refractivity contribution is 0.322. The second-order valence-corrected chi connectivity index (χ2v) is 15.4. The minimum absolute atomic E-state index is 0.366. The summed E-state index contributed by atoms with van der Waals surface area (Å²) in [5, 5.41) is 3.19. The lowest BCUT2D eigenvalue weighted by Gasteiger charge is -2.30. The molecular weight excluding hydrogens is 568 g/mol. The largest absolute Gasteiger partial charge is 0.361 e. The number of aromatic nitrogens is 2. The quantitative estimate of drug-likeness (QED) is 0.317. The number of aryl methyl sites for hydroxylation is 1. The van der Waals surface area contributed by atoms with Crippen molar-refractivity contribution in [3.05, 3.63) is 70.5 Å². The Morgan fingerprint density at radius 3 is 1.82 bits per heavy atom. The standard InChI is InChI=1S/C15H20N2O2S.C14H17ClN2O2S/c1-11-3-4-13(14-5-8-16-15(11)14)12-6-9-17(10-7-12)20(2,18)19;1-20(18,19)17-6-3-10(4-7-17)13-8-11(15)9-14-12(13)2-5-16-14/h3-5,8,12,16H,6-7,9-10H2,1-2H3;2,5,8-10,16H,3-4,6-7H2,1H3. The SMILES string of the molecule is CS(=O)(=O)N1CCC(c2cc(Cl)cc3[nH]ccc23)CC1.Cc1ccc(C2CCN(S(C)(=O)=O)CC2)c2cc[nH]c12. The maximum atomic E-state index is 11.6. The molecule has 0 atom stereocenters. The molecule has 4 aromatic rings. The molecule has 4 heterocycles. The van der Waals surface area contributed by atoms with Crippen LogP contribution < -0.4 is 0 Å². The number of nitrogens with one attached hydrogen (secondary N) is 2. The molecule has 216 valence electrons. The Balaban J connectivity index is 0.000000161. The predicted octanol–water partition coefficient (Wildman–Crippen LogP) is 5.58. The van der Waals surface area contributed by atoms with Crippen molar-refractivity contribution in [3.63, 3.8) is 0 Å². The Morgan fingerprint density at radius 2 is 1.25 bits per heavy atom. The highest BCUT2D eigenvalue weighted by molar-refractivity contribution is 7.88. The molecular formula is C29H37ClN4O4S2. The number of hydrogen-bond acceptors (Lipinski definition) is 4. The van der Waals surface area contributed by atoms with Gasteiger partial charge in [0, 0.05) is 65.4 Å². The van der Waals surface area contributed by atoms with Gasteiger partial charge in [-0.3, -0.25) is 0 Å². The third-order valence-corrected chi connectivity index (χ3v) is 11.2. The first kappa shape index (κ1) is 29.1. The Labute approximate surface area is 241 Å². The summed E-state index contributed by atoms with van der Waals surface area (Å²) in [6.45, 7) is 4.53. The van der Waals surface area contributed by atoms with Gasteiger partial charge in [-0.2, -0.15) is 0 Å². The number of benzene rings is 2. The highest BCUT2D eigenvalue weighted by atomic mass is 35.5. The third kappa shape index (κ3) is 6.26. The van der Waals surface area contributed by atoms with Gasteiger partial charge in [-0.05, 0) is 85.4 Å². The van der Waals surface area contributed by atoms with Crippen LogP contribution in [-0.4, -0.2) is 74.1 Å². The van der Waals surface area contributed by atoms with Crippen LogP contribution in [0.3, 0.4) is 0 Å². The molecule has 0 saturated carbocycles. The summed E-state index contributed by atoms with van der Waals surface area (Å²) in [6, 6.07) is 12.5. The Hall–Kier alpha value is -2.37. The fourth-order valence-corrected chi connectivity index (χ4v) is 8.15. The molecule has 0 aliphatic carbocycles. The number of piperidine rings is 2. The zero-order valence-electron chi connectivity index (χ0n) is 23.2. The summed E-state index contributed by atoms with van der Waals surface area (Å²) in [5.41, 5.74) is 6.07. The molecule has 2 N–H and O–H groups in total. The van der Waals surface area contributed by atoms with Crippen molar-refractivity contribution in [3.8, 4) is 0 Å². The van der Waals surface area contributed by atoms with Crippen LogP contribution in [0.15, 0.2) is 48.8 Å². The first-order valence-electron chi connectivity index (χ1n) is 13.6. The first-order valence-corrected chi connectivity index (χ1v) is 17.7. The number of rotatable bonds is 4. The van der Waals surface area contributed by atoms with Gasteiger partial charge in [-0.15, -0.1) is 0 Å². The molecule has 0 radical (unpaired) electrons. The summed E-state index contributed by atoms with van der Waals surface area (Å²) in [7, 11) is -6.11. The first-order chi connectivity index (χ1) is 18.9. The van der Waals surface area contributed by atoms with Crippen molar-refractivity contribution in [2.75, 3.05) is 38.7 Å². The lowest BCUT2D eigenvalue weighted by Crippen LogP contribution is -2.37. The molecule has 0 amide bonds. The minimum atomic E-state index is -3.07. The van der Waals surface area contributed by atoms with E-state index in [2.05, 4.69) is 41.2 Å². The predicted molar refractivity (Wildman–Crippen MR) is 163 cm³/mol. The van der Waals surface area contributed by atoms with Gasteiger partial charge in [-0.25, -0.2) is 25.4 Å². The molecule has 2 aromatic carbocycles. The van der Waals surface area contributed by atoms with Crippen LogP contribution in [0.25, 0.3) is 21.8 Å². The van der Waals surface area contributed by atoms with E-state index in [-0.39, 0.29) is 0 Å². The van der Waals surface area contributed by atoms with Gasteiger partial charge in [0.05, 0.1) is 12.5 Å². The third-order valence-electron chi connectivity index (χ3n) is 8.36. The summed E-state index contributed by atoms with van der Waals surface area (Å²) in [5.74, 6) is 0.817. The topological polar surface area (TPSA) is 106 Å². The monoisotopic (exact) mass is 604 g/mol. The highest BCUT2D eigenvalue weighted by Gasteiger charge is 2.28. The summed E-state index contributed by atoms with van der Waals surface area (Å²) in [6.07, 6.45) is 9.94. The Kier molecular flexibility index (Phi) is 8.37. The van der Waals surface area contributed by atoms with Crippen LogP contribution in [-0.2, 0) is 20.0 Å². The molecule has 6 rings (SSSR count). The zero-order chi connectivity index (χ0) is 28.7. The highest BCUT2D eigenvalue weighted by Crippen LogP contribution is 2.36. The molecule has 40 heavy (non-hydrogen) atoms. The van der Waals surface area contributed by atoms with Gasteiger partial charge in [0.1, 0.15) is 0 Å². The zero-order valence-corrected chi connectivity index (χ0v) is 25.5. The molecule has 8 nitrogen and oxygen atoms in total. The molecule has 2 fully saturated rings. The fraction of sp³-hybridized carbons (Fsp3) is 0.448. The maximum Gasteiger partial charge on any atom is 0.211 e. The number of hydrogen-bond donors (Lipinski definition) is 2. The number of H-pyrrole nitrogens is 2. The van der Waals surface area contributed by atoms with Crippen molar-refractivity contribution >= 4 is 53.5 Å². The van der Waals surface area contributed by atoms with E-state index < -0.39 is 20.0 Å². The van der Waals surface area contributed by atoms with Crippen molar-refractivity contribution in [2.45, 2.75) is 44.4 Å². The molecule has 2 aliphatic heterocycles. The van der Waals surface area contributed by atoms with Crippen molar-refractivity contribution < 1.29 is 16.8 Å². The van der Waals surface area contributed by atoms with Gasteiger partial charge >= 0.3 is 0 Å². The smallest absolute Gasteiger partial charge is 0.211 e. The summed E-state index contributed by atoms with van der Waals surface area (Å²) >= 11 is 6.17. The maximum absolute atomic E-state index is 11.6. The average Bonchev–Trinajstić information content (AvgIpc) is 3.59. The van der Waals surface area contributed by atoms with E-state index in [0.29, 0.717) is 38.0 Å². The second kappa shape index (κ2) is 11.5. The fourth-order valence-electron chi connectivity index (χ4n) is 6.17. The van der Waals surface area contributed by atoms with Crippen LogP contribution in [0.5, 0.6) is 0 Å². The average molecular weight is 605 g/mol. The Bertz CT molecular complexity index is 1710. The lowest BCUT2D eigenvalue weighted by atomic mass is 9.87. The molecule has 0 bridgehead atoms. The van der Waals surface area contributed by atoms with Gasteiger partial charge in [0.25, 0.3) is 0 Å². The van der Waals surface area contributed by atoms with Gasteiger partial charge < -0.3 is 9.97 Å². The van der Waals surface area contributed by atoms with Gasteiger partial charge in [0.15, 0.2) is 0 Å². The molecule has 0 spiro atoms. The van der Waals surface area contributed by atoms with Gasteiger partial charge in [0.2, 0.25) is 20.0 Å². The normalized spacial score (nSPS) is 18.7. The second-order valence-electron chi connectivity index (χ2n) is 11.0. The number of nitrogens with zero attached hydrogens (tertiary/aromatic N) is 2. The minimum Gasteiger partial charge on any atom is -0.361 e. The van der Waals surface area contributed by atoms with E-state index in [9.17, 15) is 16.8 Å². The molecule has 2 aliphatic rings. The van der Waals surface area contributed by atoms with E-state index in [0.717, 1.165) is 36.2 Å². The molecule has 2 aromatic heterocycles. The van der Waals surface area contributed by atoms with E-state index in [1.807, 2.05) is 24.5 Å². The van der Waals surface area contributed by atoms with Crippen molar-refractivity contribution in [2.24, 2.45) is 0 Å². The number of sulfonamides is 2. The molecule has 11 heteroatoms. The number of aromatic amines is 2.